The molecule has 176 valence electrons. The number of anilines is 1. The first-order valence-electron chi connectivity index (χ1n) is 11.3. The van der Waals surface area contributed by atoms with E-state index in [0.717, 1.165) is 23.9 Å². The lowest BCUT2D eigenvalue weighted by Gasteiger charge is -2.08. The molecule has 3 N–H and O–H groups in total. The molecule has 0 atom stereocenters. The van der Waals surface area contributed by atoms with Gasteiger partial charge in [-0.15, -0.1) is 0 Å². The topological polar surface area (TPSA) is 138 Å². The van der Waals surface area contributed by atoms with Crippen LogP contribution in [0.4, 0.5) is 10.1 Å². The normalized spacial score (nSPS) is 13.5. The first kappa shape index (κ1) is 20.4. The van der Waals surface area contributed by atoms with Gasteiger partial charge in [-0.25, -0.2) is 14.4 Å². The summed E-state index contributed by atoms with van der Waals surface area (Å²) in [6, 6.07) is 5.27. The number of imidazole rings is 1. The van der Waals surface area contributed by atoms with Crippen LogP contribution in [0.25, 0.3) is 56.0 Å². The predicted molar refractivity (Wildman–Crippen MR) is 129 cm³/mol. The molecular weight excluding hydrogens is 463 g/mol. The standard InChI is InChI=1S/C25H17FN8O2/c26-19-16(14-7-15(9-27-8-14)30-25(35)12-1-2-12)10-29-23-18(19)22(33-34-23)24-31-17-3-5-28-20(21(17)32-24)13-4-6-36-11-13/h3-12H,1-2H2,(H,30,35)(H,31,32)(H,29,33,34). The van der Waals surface area contributed by atoms with Crippen LogP contribution >= 0.6 is 0 Å². The van der Waals surface area contributed by atoms with Gasteiger partial charge in [0.05, 0.1) is 35.3 Å². The Labute approximate surface area is 202 Å². The van der Waals surface area contributed by atoms with Gasteiger partial charge in [-0.05, 0) is 31.0 Å². The van der Waals surface area contributed by atoms with Crippen molar-refractivity contribution in [3.05, 3.63) is 61.3 Å². The highest BCUT2D eigenvalue weighted by Gasteiger charge is 2.29. The zero-order chi connectivity index (χ0) is 24.2. The lowest BCUT2D eigenvalue weighted by molar-refractivity contribution is -0.117. The molecule has 10 nitrogen and oxygen atoms in total. The van der Waals surface area contributed by atoms with Crippen molar-refractivity contribution in [1.29, 1.82) is 0 Å². The van der Waals surface area contributed by atoms with Crippen molar-refractivity contribution in [2.75, 3.05) is 5.32 Å². The Balaban J connectivity index is 1.32. The van der Waals surface area contributed by atoms with Crippen LogP contribution in [0.5, 0.6) is 0 Å². The van der Waals surface area contributed by atoms with Crippen LogP contribution < -0.4 is 5.32 Å². The van der Waals surface area contributed by atoms with Crippen LogP contribution in [0.2, 0.25) is 0 Å². The van der Waals surface area contributed by atoms with Crippen molar-refractivity contribution in [3.63, 3.8) is 0 Å². The molecule has 0 bridgehead atoms. The van der Waals surface area contributed by atoms with Crippen molar-refractivity contribution < 1.29 is 13.6 Å². The number of aromatic amines is 2. The molecule has 1 saturated carbocycles. The average Bonchev–Trinajstić information content (AvgIpc) is 3.27. The largest absolute Gasteiger partial charge is 0.472 e. The van der Waals surface area contributed by atoms with Crippen LogP contribution in [0, 0.1) is 11.7 Å². The summed E-state index contributed by atoms with van der Waals surface area (Å²) < 4.78 is 21.1. The van der Waals surface area contributed by atoms with Gasteiger partial charge in [0.1, 0.15) is 22.7 Å². The molecule has 0 aromatic carbocycles. The fraction of sp³-hybridized carbons (Fsp3) is 0.120. The first-order valence-corrected chi connectivity index (χ1v) is 11.3. The van der Waals surface area contributed by atoms with Crippen molar-refractivity contribution in [3.8, 4) is 33.9 Å². The highest BCUT2D eigenvalue weighted by molar-refractivity contribution is 5.97. The molecule has 1 aliphatic rings. The number of halogens is 1. The maximum absolute atomic E-state index is 15.9. The van der Waals surface area contributed by atoms with Crippen LogP contribution in [0.1, 0.15) is 12.8 Å². The summed E-state index contributed by atoms with van der Waals surface area (Å²) in [5, 5.41) is 10.1. The summed E-state index contributed by atoms with van der Waals surface area (Å²) in [7, 11) is 0. The summed E-state index contributed by atoms with van der Waals surface area (Å²) in [5.74, 6) is -0.153. The van der Waals surface area contributed by atoms with Crippen LogP contribution in [-0.4, -0.2) is 41.0 Å². The number of pyridine rings is 3. The Kier molecular flexibility index (Phi) is 4.43. The highest BCUT2D eigenvalue weighted by Crippen LogP contribution is 2.35. The summed E-state index contributed by atoms with van der Waals surface area (Å²) in [6.45, 7) is 0. The van der Waals surface area contributed by atoms with E-state index >= 15 is 4.39 Å². The Bertz CT molecular complexity index is 1770. The number of fused-ring (bicyclic) bond motifs is 2. The van der Waals surface area contributed by atoms with Crippen molar-refractivity contribution in [1.82, 2.24) is 35.1 Å². The third-order valence-corrected chi connectivity index (χ3v) is 6.21. The van der Waals surface area contributed by atoms with Crippen LogP contribution in [0.3, 0.4) is 0 Å². The van der Waals surface area contributed by atoms with Gasteiger partial charge in [-0.2, -0.15) is 5.10 Å². The molecular formula is C25H17FN8O2. The quantitative estimate of drug-likeness (QED) is 0.325. The van der Waals surface area contributed by atoms with E-state index in [9.17, 15) is 4.79 Å². The van der Waals surface area contributed by atoms with Gasteiger partial charge in [0.2, 0.25) is 5.91 Å². The number of amides is 1. The lowest BCUT2D eigenvalue weighted by atomic mass is 10.1. The maximum Gasteiger partial charge on any atom is 0.227 e. The minimum Gasteiger partial charge on any atom is -0.472 e. The summed E-state index contributed by atoms with van der Waals surface area (Å²) in [5.41, 5.74) is 4.55. The molecule has 6 heterocycles. The van der Waals surface area contributed by atoms with Gasteiger partial charge in [-0.1, -0.05) is 0 Å². The molecule has 0 spiro atoms. The SMILES string of the molecule is O=C(Nc1cncc(-c2cnc3[nH]nc(-c4nc5c(-c6ccoc6)nccc5[nH]4)c3c2F)c1)C1CC1. The number of rotatable bonds is 5. The van der Waals surface area contributed by atoms with E-state index in [4.69, 9.17) is 4.42 Å². The lowest BCUT2D eigenvalue weighted by Crippen LogP contribution is -2.13. The van der Waals surface area contributed by atoms with Gasteiger partial charge in [0, 0.05) is 41.2 Å². The minimum atomic E-state index is -0.523. The summed E-state index contributed by atoms with van der Waals surface area (Å²) in [4.78, 5) is 33.0. The molecule has 0 aliphatic heterocycles. The Morgan fingerprint density at radius 2 is 2.03 bits per heavy atom. The molecule has 1 aliphatic carbocycles. The second kappa shape index (κ2) is 7.80. The van der Waals surface area contributed by atoms with Crippen molar-refractivity contribution in [2.45, 2.75) is 12.8 Å². The van der Waals surface area contributed by atoms with Gasteiger partial charge in [0.15, 0.2) is 11.5 Å². The number of H-pyrrole nitrogens is 2. The fourth-order valence-electron chi connectivity index (χ4n) is 4.23. The molecule has 36 heavy (non-hydrogen) atoms. The maximum atomic E-state index is 15.9. The Hall–Kier alpha value is -4.93. The van der Waals surface area contributed by atoms with Gasteiger partial charge >= 0.3 is 0 Å². The number of hydrogen-bond donors (Lipinski definition) is 3. The number of aromatic nitrogens is 7. The van der Waals surface area contributed by atoms with Gasteiger partial charge in [-0.3, -0.25) is 19.9 Å². The molecule has 11 heteroatoms. The van der Waals surface area contributed by atoms with E-state index in [1.807, 2.05) is 0 Å². The molecule has 7 rings (SSSR count). The number of hydrogen-bond acceptors (Lipinski definition) is 7. The molecule has 1 amide bonds. The Morgan fingerprint density at radius 1 is 1.11 bits per heavy atom. The number of nitrogens with one attached hydrogen (secondary N) is 3. The van der Waals surface area contributed by atoms with E-state index in [-0.39, 0.29) is 34.1 Å². The van der Waals surface area contributed by atoms with Crippen molar-refractivity contribution in [2.24, 2.45) is 5.92 Å². The van der Waals surface area contributed by atoms with Crippen LogP contribution in [-0.2, 0) is 4.79 Å². The summed E-state index contributed by atoms with van der Waals surface area (Å²) >= 11 is 0. The van der Waals surface area contributed by atoms with E-state index in [0.29, 0.717) is 28.3 Å². The third kappa shape index (κ3) is 3.32. The van der Waals surface area contributed by atoms with E-state index in [1.54, 1.807) is 36.9 Å². The molecule has 0 saturated heterocycles. The second-order valence-electron chi connectivity index (χ2n) is 8.66. The molecule has 6 aromatic rings. The first-order chi connectivity index (χ1) is 17.7. The highest BCUT2D eigenvalue weighted by atomic mass is 19.1. The Morgan fingerprint density at radius 3 is 2.86 bits per heavy atom. The number of furan rings is 1. The third-order valence-electron chi connectivity index (χ3n) is 6.21. The molecule has 0 radical (unpaired) electrons. The monoisotopic (exact) mass is 480 g/mol. The molecule has 6 aromatic heterocycles. The average molecular weight is 480 g/mol. The predicted octanol–water partition coefficient (Wildman–Crippen LogP) is 4.71. The number of nitrogens with zero attached hydrogens (tertiary/aromatic N) is 5. The van der Waals surface area contributed by atoms with Crippen LogP contribution in [0.15, 0.2) is 59.9 Å². The second-order valence-corrected chi connectivity index (χ2v) is 8.66. The zero-order valence-corrected chi connectivity index (χ0v) is 18.6. The van der Waals surface area contributed by atoms with Crippen molar-refractivity contribution >= 4 is 33.7 Å². The fourth-order valence-corrected chi connectivity index (χ4v) is 4.23. The summed E-state index contributed by atoms with van der Waals surface area (Å²) in [6.07, 6.45) is 11.1. The molecule has 0 unspecified atom stereocenters. The number of carbonyl (C=O) groups excluding carboxylic acids is 1. The molecule has 1 fully saturated rings. The number of carbonyl (C=O) groups is 1. The van der Waals surface area contributed by atoms with Gasteiger partial charge < -0.3 is 14.7 Å². The van der Waals surface area contributed by atoms with E-state index in [1.165, 1.54) is 18.6 Å². The smallest absolute Gasteiger partial charge is 0.227 e. The van der Waals surface area contributed by atoms with E-state index in [2.05, 4.69) is 40.4 Å². The zero-order valence-electron chi connectivity index (χ0n) is 18.6. The van der Waals surface area contributed by atoms with E-state index < -0.39 is 5.82 Å². The minimum absolute atomic E-state index is 0.0462. The van der Waals surface area contributed by atoms with Gasteiger partial charge in [0.25, 0.3) is 0 Å².